The Morgan fingerprint density at radius 3 is 2.29 bits per heavy atom. The largest absolute Gasteiger partial charge is 0.465 e. The van der Waals surface area contributed by atoms with E-state index in [-0.39, 0.29) is 11.3 Å². The van der Waals surface area contributed by atoms with E-state index in [4.69, 9.17) is 10.5 Å². The Bertz CT molecular complexity index is 1170. The molecule has 3 heterocycles. The van der Waals surface area contributed by atoms with Gasteiger partial charge >= 0.3 is 5.97 Å². The van der Waals surface area contributed by atoms with E-state index in [1.807, 2.05) is 36.4 Å². The lowest BCUT2D eigenvalue weighted by Crippen LogP contribution is -2.51. The van der Waals surface area contributed by atoms with E-state index in [2.05, 4.69) is 0 Å². The van der Waals surface area contributed by atoms with Gasteiger partial charge in [-0.15, -0.1) is 0 Å². The van der Waals surface area contributed by atoms with Crippen LogP contribution in [0.15, 0.2) is 54.6 Å². The molecule has 2 N–H and O–H groups in total. The number of carbonyl (C=O) groups excluding carboxylic acids is 4. The molecule has 0 spiro atoms. The van der Waals surface area contributed by atoms with Crippen molar-refractivity contribution in [1.29, 1.82) is 0 Å². The van der Waals surface area contributed by atoms with Gasteiger partial charge in [0.2, 0.25) is 17.7 Å². The zero-order valence-corrected chi connectivity index (χ0v) is 16.6. The number of fused-ring (bicyclic) bond motifs is 5. The molecule has 5 rings (SSSR count). The molecule has 0 saturated carbocycles. The minimum Gasteiger partial charge on any atom is -0.465 e. The lowest BCUT2D eigenvalue weighted by Gasteiger charge is -2.36. The second kappa shape index (κ2) is 6.80. The van der Waals surface area contributed by atoms with Gasteiger partial charge in [-0.2, -0.15) is 0 Å². The Hall–Kier alpha value is -3.94. The van der Waals surface area contributed by atoms with E-state index in [0.717, 1.165) is 16.2 Å². The van der Waals surface area contributed by atoms with Crippen LogP contribution >= 0.6 is 0 Å². The number of ether oxygens (including phenoxy) is 1. The summed E-state index contributed by atoms with van der Waals surface area (Å²) in [6, 6.07) is 12.2. The van der Waals surface area contributed by atoms with Gasteiger partial charge in [-0.05, 0) is 23.8 Å². The van der Waals surface area contributed by atoms with Gasteiger partial charge < -0.3 is 15.4 Å². The number of anilines is 2. The SMILES string of the molecule is COC(=O)c1ccccc1N1C(=O)[C@@H]2[C@H](C1=O)[C@H]1C=Cc3ccccc3N1[C@@H]2C(N)=O. The standard InChI is InChI=1S/C23H19N3O5/c1-31-23(30)13-7-3-5-9-15(13)26-21(28)17-16-11-10-12-6-2-4-8-14(12)25(16)19(20(24)27)18(17)22(26)29/h2-11,16-19H,1H3,(H2,24,27)/t16-,17-,18-,19+/m1/s1. The van der Waals surface area contributed by atoms with Crippen LogP contribution in [0.3, 0.4) is 0 Å². The maximum atomic E-state index is 13.5. The van der Waals surface area contributed by atoms with Gasteiger partial charge in [0.15, 0.2) is 0 Å². The number of primary amides is 1. The number of nitrogens with zero attached hydrogens (tertiary/aromatic N) is 2. The van der Waals surface area contributed by atoms with Crippen molar-refractivity contribution in [2.45, 2.75) is 12.1 Å². The average Bonchev–Trinajstić information content (AvgIpc) is 3.26. The molecule has 0 aromatic heterocycles. The van der Waals surface area contributed by atoms with Crippen LogP contribution in [0.4, 0.5) is 11.4 Å². The molecule has 31 heavy (non-hydrogen) atoms. The number of benzene rings is 2. The number of carbonyl (C=O) groups is 4. The van der Waals surface area contributed by atoms with Crippen molar-refractivity contribution in [3.05, 3.63) is 65.7 Å². The van der Waals surface area contributed by atoms with Crippen molar-refractivity contribution >= 4 is 41.1 Å². The molecule has 0 bridgehead atoms. The minimum atomic E-state index is -0.979. The molecule has 8 nitrogen and oxygen atoms in total. The number of methoxy groups -OCH3 is 1. The lowest BCUT2D eigenvalue weighted by molar-refractivity contribution is -0.127. The topological polar surface area (TPSA) is 110 Å². The summed E-state index contributed by atoms with van der Waals surface area (Å²) in [5.74, 6) is -4.08. The number of amides is 3. The van der Waals surface area contributed by atoms with Crippen molar-refractivity contribution in [3.8, 4) is 0 Å². The van der Waals surface area contributed by atoms with Gasteiger partial charge in [-0.25, -0.2) is 9.69 Å². The third-order valence-corrected chi connectivity index (χ3v) is 6.26. The summed E-state index contributed by atoms with van der Waals surface area (Å²) in [5, 5.41) is 0. The number of hydrogen-bond acceptors (Lipinski definition) is 6. The zero-order chi connectivity index (χ0) is 21.9. The predicted molar refractivity (Wildman–Crippen MR) is 112 cm³/mol. The second-order valence-corrected chi connectivity index (χ2v) is 7.74. The maximum Gasteiger partial charge on any atom is 0.339 e. The van der Waals surface area contributed by atoms with Crippen molar-refractivity contribution in [2.24, 2.45) is 17.6 Å². The summed E-state index contributed by atoms with van der Waals surface area (Å²) in [6.45, 7) is 0. The fourth-order valence-electron chi connectivity index (χ4n) is 5.03. The Labute approximate surface area is 177 Å². The van der Waals surface area contributed by atoms with Crippen LogP contribution in [0.25, 0.3) is 6.08 Å². The van der Waals surface area contributed by atoms with E-state index >= 15 is 0 Å². The first-order valence-electron chi connectivity index (χ1n) is 9.85. The quantitative estimate of drug-likeness (QED) is 0.596. The Morgan fingerprint density at radius 2 is 1.58 bits per heavy atom. The Kier molecular flexibility index (Phi) is 4.18. The molecule has 2 aromatic carbocycles. The molecule has 2 saturated heterocycles. The highest BCUT2D eigenvalue weighted by molar-refractivity contribution is 6.26. The van der Waals surface area contributed by atoms with Gasteiger partial charge in [0.05, 0.1) is 36.2 Å². The van der Waals surface area contributed by atoms with Crippen molar-refractivity contribution in [1.82, 2.24) is 0 Å². The summed E-state index contributed by atoms with van der Waals surface area (Å²) >= 11 is 0. The molecule has 3 amide bonds. The van der Waals surface area contributed by atoms with Crippen LogP contribution in [0.1, 0.15) is 15.9 Å². The summed E-state index contributed by atoms with van der Waals surface area (Å²) < 4.78 is 4.80. The van der Waals surface area contributed by atoms with E-state index in [0.29, 0.717) is 0 Å². The first kappa shape index (κ1) is 19.0. The molecule has 0 aliphatic carbocycles. The first-order valence-corrected chi connectivity index (χ1v) is 9.85. The smallest absolute Gasteiger partial charge is 0.339 e. The van der Waals surface area contributed by atoms with Crippen LogP contribution in [0.5, 0.6) is 0 Å². The molecule has 2 aromatic rings. The molecule has 0 radical (unpaired) electrons. The van der Waals surface area contributed by atoms with Crippen LogP contribution in [0.2, 0.25) is 0 Å². The minimum absolute atomic E-state index is 0.101. The number of hydrogen-bond donors (Lipinski definition) is 1. The van der Waals surface area contributed by atoms with Crippen molar-refractivity contribution in [2.75, 3.05) is 16.9 Å². The Balaban J connectivity index is 1.63. The molecular weight excluding hydrogens is 398 g/mol. The predicted octanol–water partition coefficient (Wildman–Crippen LogP) is 1.35. The second-order valence-electron chi connectivity index (χ2n) is 7.74. The molecule has 2 fully saturated rings. The van der Waals surface area contributed by atoms with E-state index in [1.165, 1.54) is 19.2 Å². The number of rotatable bonds is 3. The molecule has 3 aliphatic rings. The molecule has 3 aliphatic heterocycles. The van der Waals surface area contributed by atoms with E-state index in [9.17, 15) is 19.2 Å². The fourth-order valence-corrected chi connectivity index (χ4v) is 5.03. The summed E-state index contributed by atoms with van der Waals surface area (Å²) in [4.78, 5) is 54.6. The van der Waals surface area contributed by atoms with Gasteiger partial charge in [-0.3, -0.25) is 14.4 Å². The van der Waals surface area contributed by atoms with Crippen LogP contribution in [-0.2, 0) is 19.1 Å². The van der Waals surface area contributed by atoms with Gasteiger partial charge in [0.25, 0.3) is 0 Å². The summed E-state index contributed by atoms with van der Waals surface area (Å²) in [6.07, 6.45) is 3.73. The van der Waals surface area contributed by atoms with Crippen molar-refractivity contribution < 1.29 is 23.9 Å². The Morgan fingerprint density at radius 1 is 0.935 bits per heavy atom. The third-order valence-electron chi connectivity index (χ3n) is 6.26. The molecule has 8 heteroatoms. The normalized spacial score (nSPS) is 25.8. The zero-order valence-electron chi connectivity index (χ0n) is 16.6. The highest BCUT2D eigenvalue weighted by atomic mass is 16.5. The molecular formula is C23H19N3O5. The van der Waals surface area contributed by atoms with Gasteiger partial charge in [-0.1, -0.05) is 42.5 Å². The number of esters is 1. The van der Waals surface area contributed by atoms with E-state index in [1.54, 1.807) is 17.0 Å². The molecule has 156 valence electrons. The van der Waals surface area contributed by atoms with Crippen LogP contribution in [0, 0.1) is 11.8 Å². The fraction of sp³-hybridized carbons (Fsp3) is 0.217. The third kappa shape index (κ3) is 2.54. The van der Waals surface area contributed by atoms with Gasteiger partial charge in [0, 0.05) is 5.69 Å². The number of imide groups is 1. The number of nitrogens with two attached hydrogens (primary N) is 1. The monoisotopic (exact) mass is 417 g/mol. The number of para-hydroxylation sites is 2. The first-order chi connectivity index (χ1) is 15.0. The van der Waals surface area contributed by atoms with Gasteiger partial charge in [0.1, 0.15) is 6.04 Å². The van der Waals surface area contributed by atoms with Crippen LogP contribution in [-0.4, -0.2) is 42.9 Å². The highest BCUT2D eigenvalue weighted by Crippen LogP contribution is 2.49. The van der Waals surface area contributed by atoms with Crippen molar-refractivity contribution in [3.63, 3.8) is 0 Å². The van der Waals surface area contributed by atoms with E-state index < -0.39 is 47.6 Å². The summed E-state index contributed by atoms with van der Waals surface area (Å²) in [5.41, 5.74) is 7.64. The molecule has 0 unspecified atom stereocenters. The van der Waals surface area contributed by atoms with Crippen LogP contribution < -0.4 is 15.5 Å². The lowest BCUT2D eigenvalue weighted by atomic mass is 9.88. The average molecular weight is 417 g/mol. The molecule has 4 atom stereocenters. The maximum absolute atomic E-state index is 13.5. The summed E-state index contributed by atoms with van der Waals surface area (Å²) in [7, 11) is 1.23. The highest BCUT2D eigenvalue weighted by Gasteiger charge is 2.64.